The summed E-state index contributed by atoms with van der Waals surface area (Å²) < 4.78 is 5.32. The molecule has 2 amide bonds. The van der Waals surface area contributed by atoms with Crippen LogP contribution in [-0.4, -0.2) is 37.4 Å². The summed E-state index contributed by atoms with van der Waals surface area (Å²) in [6.07, 6.45) is -0.316. The van der Waals surface area contributed by atoms with E-state index in [1.54, 1.807) is 20.1 Å². The van der Waals surface area contributed by atoms with Crippen molar-refractivity contribution >= 4 is 17.6 Å². The second-order valence-corrected chi connectivity index (χ2v) is 4.59. The van der Waals surface area contributed by atoms with Crippen molar-refractivity contribution in [2.24, 2.45) is 0 Å². The molecular weight excluding hydrogens is 268 g/mol. The number of halogens is 1. The lowest BCUT2D eigenvalue weighted by Crippen LogP contribution is -2.43. The van der Waals surface area contributed by atoms with Gasteiger partial charge >= 0.3 is 6.03 Å². The van der Waals surface area contributed by atoms with Gasteiger partial charge in [0.1, 0.15) is 6.10 Å². The lowest BCUT2D eigenvalue weighted by molar-refractivity contribution is 0.104. The van der Waals surface area contributed by atoms with Crippen molar-refractivity contribution in [3.05, 3.63) is 34.9 Å². The number of methoxy groups -OCH3 is 1. The van der Waals surface area contributed by atoms with Crippen LogP contribution < -0.4 is 10.6 Å². The van der Waals surface area contributed by atoms with Gasteiger partial charge in [-0.2, -0.15) is 0 Å². The molecule has 0 radical (unpaired) electrons. The highest BCUT2D eigenvalue weighted by molar-refractivity contribution is 6.31. The van der Waals surface area contributed by atoms with E-state index in [4.69, 9.17) is 21.4 Å². The van der Waals surface area contributed by atoms with Gasteiger partial charge < -0.3 is 20.5 Å². The first-order valence-electron chi connectivity index (χ1n) is 6.01. The van der Waals surface area contributed by atoms with Crippen LogP contribution in [0.5, 0.6) is 0 Å². The molecule has 5 nitrogen and oxygen atoms in total. The molecule has 0 spiro atoms. The van der Waals surface area contributed by atoms with Crippen LogP contribution in [0.4, 0.5) is 4.79 Å². The number of benzene rings is 1. The third-order valence-corrected chi connectivity index (χ3v) is 2.98. The standard InChI is InChI=1S/C13H19ClN2O3/c1-9(8-17)16-13(18)15-7-12(19-2)10-5-3-4-6-11(10)14/h3-6,9,12,17H,7-8H2,1-2H3,(H2,15,16,18). The molecule has 0 heterocycles. The van der Waals surface area contributed by atoms with Gasteiger partial charge in [-0.3, -0.25) is 0 Å². The second-order valence-electron chi connectivity index (χ2n) is 4.18. The number of hydrogen-bond donors (Lipinski definition) is 3. The van der Waals surface area contributed by atoms with Gasteiger partial charge in [0.2, 0.25) is 0 Å². The summed E-state index contributed by atoms with van der Waals surface area (Å²) in [6.45, 7) is 1.90. The Morgan fingerprint density at radius 2 is 2.16 bits per heavy atom. The second kappa shape index (κ2) is 7.99. The molecule has 0 bridgehead atoms. The highest BCUT2D eigenvalue weighted by atomic mass is 35.5. The van der Waals surface area contributed by atoms with Crippen molar-refractivity contribution in [1.29, 1.82) is 0 Å². The Morgan fingerprint density at radius 1 is 1.47 bits per heavy atom. The fourth-order valence-corrected chi connectivity index (χ4v) is 1.82. The van der Waals surface area contributed by atoms with E-state index in [0.29, 0.717) is 11.6 Å². The van der Waals surface area contributed by atoms with Crippen molar-refractivity contribution in [3.63, 3.8) is 0 Å². The number of hydrogen-bond acceptors (Lipinski definition) is 3. The third kappa shape index (κ3) is 5.06. The van der Waals surface area contributed by atoms with E-state index in [2.05, 4.69) is 10.6 Å². The normalized spacial score (nSPS) is 13.7. The van der Waals surface area contributed by atoms with Crippen LogP contribution in [0.3, 0.4) is 0 Å². The number of carbonyl (C=O) groups excluding carboxylic acids is 1. The molecule has 1 rings (SSSR count). The SMILES string of the molecule is COC(CNC(=O)NC(C)CO)c1ccccc1Cl. The van der Waals surface area contributed by atoms with Crippen LogP contribution in [-0.2, 0) is 4.74 Å². The Bertz CT molecular complexity index is 415. The molecule has 19 heavy (non-hydrogen) atoms. The highest BCUT2D eigenvalue weighted by Gasteiger charge is 2.15. The van der Waals surface area contributed by atoms with Gasteiger partial charge in [0.05, 0.1) is 12.6 Å². The van der Waals surface area contributed by atoms with Crippen LogP contribution in [0.2, 0.25) is 5.02 Å². The molecule has 6 heteroatoms. The lowest BCUT2D eigenvalue weighted by Gasteiger charge is -2.19. The molecule has 0 saturated heterocycles. The average molecular weight is 287 g/mol. The molecule has 3 N–H and O–H groups in total. The zero-order chi connectivity index (χ0) is 14.3. The van der Waals surface area contributed by atoms with Crippen LogP contribution in [0.15, 0.2) is 24.3 Å². The number of nitrogens with one attached hydrogen (secondary N) is 2. The van der Waals surface area contributed by atoms with E-state index in [9.17, 15) is 4.79 Å². The molecule has 1 aromatic rings. The number of ether oxygens (including phenoxy) is 1. The first kappa shape index (κ1) is 15.8. The first-order chi connectivity index (χ1) is 9.08. The van der Waals surface area contributed by atoms with Crippen LogP contribution in [0.1, 0.15) is 18.6 Å². The monoisotopic (exact) mass is 286 g/mol. The van der Waals surface area contributed by atoms with Gasteiger partial charge in [-0.05, 0) is 13.0 Å². The zero-order valence-corrected chi connectivity index (χ0v) is 11.8. The number of urea groups is 1. The van der Waals surface area contributed by atoms with Crippen molar-refractivity contribution in [3.8, 4) is 0 Å². The van der Waals surface area contributed by atoms with Crippen LogP contribution in [0, 0.1) is 0 Å². The maximum atomic E-state index is 11.5. The maximum absolute atomic E-state index is 11.5. The molecule has 0 aliphatic heterocycles. The summed E-state index contributed by atoms with van der Waals surface area (Å²) in [5.41, 5.74) is 0.821. The predicted octanol–water partition coefficient (Wildman–Crippen LogP) is 1.71. The van der Waals surface area contributed by atoms with Gasteiger partial charge in [0.25, 0.3) is 0 Å². The molecule has 2 unspecified atom stereocenters. The summed E-state index contributed by atoms with van der Waals surface area (Å²) in [5, 5.41) is 14.7. The summed E-state index contributed by atoms with van der Waals surface area (Å²) in [6, 6.07) is 6.68. The quantitative estimate of drug-likeness (QED) is 0.745. The van der Waals surface area contributed by atoms with Crippen molar-refractivity contribution < 1.29 is 14.6 Å². The highest BCUT2D eigenvalue weighted by Crippen LogP contribution is 2.24. The molecule has 0 aromatic heterocycles. The fourth-order valence-electron chi connectivity index (χ4n) is 1.56. The topological polar surface area (TPSA) is 70.6 Å². The van der Waals surface area contributed by atoms with Crippen molar-refractivity contribution in [2.45, 2.75) is 19.1 Å². The molecule has 0 aliphatic carbocycles. The summed E-state index contributed by atoms with van der Waals surface area (Å²) in [4.78, 5) is 11.5. The minimum atomic E-state index is -0.351. The van der Waals surface area contributed by atoms with Gasteiger partial charge in [-0.25, -0.2) is 4.79 Å². The van der Waals surface area contributed by atoms with Gasteiger partial charge in [-0.15, -0.1) is 0 Å². The molecule has 106 valence electrons. The number of aliphatic hydroxyl groups excluding tert-OH is 1. The minimum absolute atomic E-state index is 0.106. The number of carbonyl (C=O) groups is 1. The van der Waals surface area contributed by atoms with Crippen LogP contribution >= 0.6 is 11.6 Å². The third-order valence-electron chi connectivity index (χ3n) is 2.64. The predicted molar refractivity (Wildman–Crippen MR) is 74.3 cm³/mol. The molecule has 0 aliphatic rings. The number of rotatable bonds is 6. The molecular formula is C13H19ClN2O3. The van der Waals surface area contributed by atoms with Gasteiger partial charge in [-0.1, -0.05) is 29.8 Å². The molecule has 2 atom stereocenters. The molecule has 1 aromatic carbocycles. The zero-order valence-electron chi connectivity index (χ0n) is 11.0. The van der Waals surface area contributed by atoms with Crippen molar-refractivity contribution in [2.75, 3.05) is 20.3 Å². The van der Waals surface area contributed by atoms with E-state index in [1.807, 2.05) is 18.2 Å². The number of amides is 2. The average Bonchev–Trinajstić information content (AvgIpc) is 2.41. The van der Waals surface area contributed by atoms with Gasteiger partial charge in [0.15, 0.2) is 0 Å². The Morgan fingerprint density at radius 3 is 2.74 bits per heavy atom. The van der Waals surface area contributed by atoms with E-state index in [-0.39, 0.29) is 24.8 Å². The van der Waals surface area contributed by atoms with E-state index < -0.39 is 0 Å². The largest absolute Gasteiger partial charge is 0.394 e. The number of aliphatic hydroxyl groups is 1. The first-order valence-corrected chi connectivity index (χ1v) is 6.38. The van der Waals surface area contributed by atoms with Crippen LogP contribution in [0.25, 0.3) is 0 Å². The maximum Gasteiger partial charge on any atom is 0.315 e. The minimum Gasteiger partial charge on any atom is -0.394 e. The Hall–Kier alpha value is -1.30. The fraction of sp³-hybridized carbons (Fsp3) is 0.462. The molecule has 0 saturated carbocycles. The summed E-state index contributed by atoms with van der Waals surface area (Å²) >= 11 is 6.08. The van der Waals surface area contributed by atoms with E-state index >= 15 is 0 Å². The summed E-state index contributed by atoms with van der Waals surface area (Å²) in [7, 11) is 1.56. The molecule has 0 fully saturated rings. The van der Waals surface area contributed by atoms with E-state index in [0.717, 1.165) is 5.56 Å². The summed E-state index contributed by atoms with van der Waals surface area (Å²) in [5.74, 6) is 0. The van der Waals surface area contributed by atoms with Crippen molar-refractivity contribution in [1.82, 2.24) is 10.6 Å². The lowest BCUT2D eigenvalue weighted by atomic mass is 10.1. The van der Waals surface area contributed by atoms with Gasteiger partial charge in [0, 0.05) is 24.2 Å². The smallest absolute Gasteiger partial charge is 0.315 e. The Kier molecular flexibility index (Phi) is 6.62. The Labute approximate surface area is 117 Å². The Balaban J connectivity index is 2.54. The van der Waals surface area contributed by atoms with E-state index in [1.165, 1.54) is 0 Å².